The molecule has 0 amide bonds. The maximum atomic E-state index is 6.10. The highest BCUT2D eigenvalue weighted by molar-refractivity contribution is 7.19. The van der Waals surface area contributed by atoms with Crippen LogP contribution < -0.4 is 4.90 Å². The molecule has 1 saturated heterocycles. The number of benzene rings is 1. The lowest BCUT2D eigenvalue weighted by Gasteiger charge is -2.26. The van der Waals surface area contributed by atoms with Gasteiger partial charge in [-0.15, -0.1) is 0 Å². The molecule has 134 valence electrons. The number of halogens is 1. The zero-order chi connectivity index (χ0) is 17.5. The van der Waals surface area contributed by atoms with Gasteiger partial charge < -0.3 is 9.64 Å². The van der Waals surface area contributed by atoms with E-state index in [0.29, 0.717) is 0 Å². The molecule has 1 atom stereocenters. The van der Waals surface area contributed by atoms with E-state index in [9.17, 15) is 0 Å². The number of morpholine rings is 1. The summed E-state index contributed by atoms with van der Waals surface area (Å²) < 4.78 is 5.50. The summed E-state index contributed by atoms with van der Waals surface area (Å²) in [6, 6.07) is 8.19. The summed E-state index contributed by atoms with van der Waals surface area (Å²) in [5, 5.41) is 9.34. The number of aryl methyl sites for hydroxylation is 1. The third kappa shape index (κ3) is 2.82. The van der Waals surface area contributed by atoms with Crippen LogP contribution in [0.3, 0.4) is 0 Å². The molecule has 0 bridgehead atoms. The van der Waals surface area contributed by atoms with Crippen LogP contribution in [-0.2, 0) is 11.2 Å². The number of rotatable bonds is 2. The van der Waals surface area contributed by atoms with E-state index < -0.39 is 0 Å². The molecule has 1 N–H and O–H groups in total. The van der Waals surface area contributed by atoms with Crippen molar-refractivity contribution in [3.05, 3.63) is 52.3 Å². The van der Waals surface area contributed by atoms with Crippen molar-refractivity contribution in [3.8, 4) is 10.6 Å². The Labute approximate surface area is 161 Å². The molecule has 5 rings (SSSR count). The highest BCUT2D eigenvalue weighted by atomic mass is 35.5. The Morgan fingerprint density at radius 1 is 1.19 bits per heavy atom. The first-order valence-corrected chi connectivity index (χ1v) is 10.1. The second-order valence-electron chi connectivity index (χ2n) is 6.72. The Kier molecular flexibility index (Phi) is 4.19. The zero-order valence-corrected chi connectivity index (χ0v) is 15.8. The summed E-state index contributed by atoms with van der Waals surface area (Å²) in [6.07, 6.45) is 3.97. The lowest BCUT2D eigenvalue weighted by atomic mass is 9.91. The molecule has 2 aromatic heterocycles. The summed E-state index contributed by atoms with van der Waals surface area (Å²) in [6.45, 7) is 3.32. The number of hydrogen-bond donors (Lipinski definition) is 1. The lowest BCUT2D eigenvalue weighted by Crippen LogP contribution is -2.36. The number of thiazole rings is 1. The fourth-order valence-corrected chi connectivity index (χ4v) is 5.11. The van der Waals surface area contributed by atoms with Crippen molar-refractivity contribution < 1.29 is 4.74 Å². The first-order chi connectivity index (χ1) is 12.8. The highest BCUT2D eigenvalue weighted by Gasteiger charge is 2.30. The number of ether oxygens (including phenoxy) is 1. The molecule has 1 aliphatic carbocycles. The maximum absolute atomic E-state index is 6.10. The van der Waals surface area contributed by atoms with E-state index in [4.69, 9.17) is 21.3 Å². The molecule has 2 aliphatic rings. The monoisotopic (exact) mass is 386 g/mol. The van der Waals surface area contributed by atoms with Crippen molar-refractivity contribution in [1.29, 1.82) is 0 Å². The van der Waals surface area contributed by atoms with Crippen LogP contribution in [0.15, 0.2) is 30.5 Å². The summed E-state index contributed by atoms with van der Waals surface area (Å²) in [5.74, 6) is 0.272. The van der Waals surface area contributed by atoms with Gasteiger partial charge in [0.25, 0.3) is 0 Å². The smallest absolute Gasteiger partial charge is 0.186 e. The minimum Gasteiger partial charge on any atom is -0.378 e. The Hall–Kier alpha value is -1.89. The minimum absolute atomic E-state index is 0.272. The van der Waals surface area contributed by atoms with E-state index >= 15 is 0 Å². The largest absolute Gasteiger partial charge is 0.378 e. The first kappa shape index (κ1) is 16.3. The van der Waals surface area contributed by atoms with Crippen LogP contribution >= 0.6 is 22.9 Å². The van der Waals surface area contributed by atoms with Crippen LogP contribution in [-0.4, -0.2) is 41.5 Å². The van der Waals surface area contributed by atoms with E-state index in [2.05, 4.69) is 27.2 Å². The SMILES string of the molecule is Clc1ccc(C2CCc3cn[nH]c3-c3sc(N4CCOCC4)nc32)cc1. The summed E-state index contributed by atoms with van der Waals surface area (Å²) >= 11 is 7.86. The van der Waals surface area contributed by atoms with E-state index in [1.807, 2.05) is 18.3 Å². The third-order valence-electron chi connectivity index (χ3n) is 5.17. The van der Waals surface area contributed by atoms with Gasteiger partial charge in [0, 0.05) is 24.0 Å². The molecule has 1 fully saturated rings. The van der Waals surface area contributed by atoms with Crippen molar-refractivity contribution in [2.45, 2.75) is 18.8 Å². The van der Waals surface area contributed by atoms with Crippen LogP contribution in [0.25, 0.3) is 10.6 Å². The Morgan fingerprint density at radius 2 is 2.00 bits per heavy atom. The molecular formula is C19H19ClN4OS. The fourth-order valence-electron chi connectivity index (χ4n) is 3.78. The van der Waals surface area contributed by atoms with Crippen molar-refractivity contribution >= 4 is 28.1 Å². The molecule has 1 aromatic carbocycles. The van der Waals surface area contributed by atoms with Gasteiger partial charge in [0.15, 0.2) is 5.13 Å². The van der Waals surface area contributed by atoms with Gasteiger partial charge >= 0.3 is 0 Å². The number of nitrogens with zero attached hydrogens (tertiary/aromatic N) is 3. The molecule has 1 unspecified atom stereocenters. The molecule has 0 radical (unpaired) electrons. The molecular weight excluding hydrogens is 368 g/mol. The number of aromatic nitrogens is 3. The number of nitrogens with one attached hydrogen (secondary N) is 1. The van der Waals surface area contributed by atoms with Gasteiger partial charge in [-0.1, -0.05) is 35.1 Å². The highest BCUT2D eigenvalue weighted by Crippen LogP contribution is 2.45. The van der Waals surface area contributed by atoms with Gasteiger partial charge in [0.1, 0.15) is 0 Å². The number of anilines is 1. The molecule has 0 saturated carbocycles. The van der Waals surface area contributed by atoms with Crippen molar-refractivity contribution in [1.82, 2.24) is 15.2 Å². The van der Waals surface area contributed by atoms with Gasteiger partial charge in [-0.2, -0.15) is 5.10 Å². The Morgan fingerprint density at radius 3 is 2.81 bits per heavy atom. The van der Waals surface area contributed by atoms with Crippen LogP contribution in [0, 0.1) is 0 Å². The third-order valence-corrected chi connectivity index (χ3v) is 6.57. The first-order valence-electron chi connectivity index (χ1n) is 8.91. The van der Waals surface area contributed by atoms with E-state index in [1.165, 1.54) is 16.0 Å². The zero-order valence-electron chi connectivity index (χ0n) is 14.2. The van der Waals surface area contributed by atoms with Gasteiger partial charge in [0.2, 0.25) is 0 Å². The maximum Gasteiger partial charge on any atom is 0.186 e. The molecule has 5 nitrogen and oxygen atoms in total. The van der Waals surface area contributed by atoms with Gasteiger partial charge in [-0.3, -0.25) is 5.10 Å². The minimum atomic E-state index is 0.272. The molecule has 26 heavy (non-hydrogen) atoms. The Bertz CT molecular complexity index is 914. The predicted molar refractivity (Wildman–Crippen MR) is 104 cm³/mol. The van der Waals surface area contributed by atoms with Crippen LogP contribution in [0.2, 0.25) is 5.02 Å². The van der Waals surface area contributed by atoms with Crippen LogP contribution in [0.4, 0.5) is 5.13 Å². The predicted octanol–water partition coefficient (Wildman–Crippen LogP) is 4.10. The average molecular weight is 387 g/mol. The normalized spacial score (nSPS) is 19.7. The fraction of sp³-hybridized carbons (Fsp3) is 0.368. The number of aromatic amines is 1. The topological polar surface area (TPSA) is 54.0 Å². The average Bonchev–Trinajstić information content (AvgIpc) is 3.29. The van der Waals surface area contributed by atoms with Gasteiger partial charge in [-0.05, 0) is 36.1 Å². The number of fused-ring (bicyclic) bond motifs is 3. The number of hydrogen-bond acceptors (Lipinski definition) is 5. The standard InChI is InChI=1S/C19H19ClN4OS/c20-14-4-1-12(2-5-14)15-6-3-13-11-21-23-16(13)18-17(15)22-19(26-18)24-7-9-25-10-8-24/h1-2,4-5,11,15H,3,6-10H2,(H,21,23). The van der Waals surface area contributed by atoms with Gasteiger partial charge in [0.05, 0.1) is 35.7 Å². The number of H-pyrrole nitrogens is 1. The van der Waals surface area contributed by atoms with Crippen molar-refractivity contribution in [2.24, 2.45) is 0 Å². The lowest BCUT2D eigenvalue weighted by molar-refractivity contribution is 0.122. The molecule has 3 aromatic rings. The second-order valence-corrected chi connectivity index (χ2v) is 8.14. The van der Waals surface area contributed by atoms with Crippen LogP contribution in [0.1, 0.15) is 29.2 Å². The van der Waals surface area contributed by atoms with Gasteiger partial charge in [-0.25, -0.2) is 4.98 Å². The van der Waals surface area contributed by atoms with E-state index in [0.717, 1.165) is 60.7 Å². The van der Waals surface area contributed by atoms with Crippen molar-refractivity contribution in [2.75, 3.05) is 31.2 Å². The molecule has 7 heteroatoms. The molecule has 3 heterocycles. The summed E-state index contributed by atoms with van der Waals surface area (Å²) in [4.78, 5) is 8.65. The summed E-state index contributed by atoms with van der Waals surface area (Å²) in [7, 11) is 0. The van der Waals surface area contributed by atoms with Crippen molar-refractivity contribution in [3.63, 3.8) is 0 Å². The molecule has 1 aliphatic heterocycles. The summed E-state index contributed by atoms with van der Waals surface area (Å²) in [5.41, 5.74) is 4.84. The Balaban J connectivity index is 1.61. The second kappa shape index (κ2) is 6.68. The molecule has 0 spiro atoms. The van der Waals surface area contributed by atoms with E-state index in [-0.39, 0.29) is 5.92 Å². The van der Waals surface area contributed by atoms with E-state index in [1.54, 1.807) is 11.3 Å². The van der Waals surface area contributed by atoms with Crippen LogP contribution in [0.5, 0.6) is 0 Å². The quantitative estimate of drug-likeness (QED) is 0.720.